The summed E-state index contributed by atoms with van der Waals surface area (Å²) in [7, 11) is 2.03. The van der Waals surface area contributed by atoms with E-state index in [0.29, 0.717) is 6.04 Å². The molecule has 0 saturated heterocycles. The van der Waals surface area contributed by atoms with Crippen molar-refractivity contribution in [1.82, 2.24) is 5.32 Å². The number of hydrogen-bond donors (Lipinski definition) is 2. The summed E-state index contributed by atoms with van der Waals surface area (Å²) in [4.78, 5) is 13.5. The molecule has 4 heteroatoms. The second-order valence-corrected chi connectivity index (χ2v) is 4.94. The van der Waals surface area contributed by atoms with Crippen LogP contribution in [0.25, 0.3) is 0 Å². The zero-order chi connectivity index (χ0) is 13.0. The van der Waals surface area contributed by atoms with Gasteiger partial charge in [-0.15, -0.1) is 0 Å². The van der Waals surface area contributed by atoms with Crippen LogP contribution in [-0.4, -0.2) is 31.6 Å². The van der Waals surface area contributed by atoms with Crippen LogP contribution >= 0.6 is 0 Å². The fourth-order valence-electron chi connectivity index (χ4n) is 1.98. The summed E-state index contributed by atoms with van der Waals surface area (Å²) in [5, 5.41) is 3.30. The van der Waals surface area contributed by atoms with Crippen LogP contribution in [0.3, 0.4) is 0 Å². The van der Waals surface area contributed by atoms with Gasteiger partial charge in [0.15, 0.2) is 0 Å². The van der Waals surface area contributed by atoms with Crippen molar-refractivity contribution in [2.75, 3.05) is 18.5 Å². The van der Waals surface area contributed by atoms with Gasteiger partial charge >= 0.3 is 0 Å². The maximum Gasteiger partial charge on any atom is 0.234 e. The number of rotatable bonds is 7. The Morgan fingerprint density at radius 1 is 1.44 bits per heavy atom. The summed E-state index contributed by atoms with van der Waals surface area (Å²) in [5.74, 6) is -0.247. The number of carbonyl (C=O) groups excluding carboxylic acids is 1. The highest BCUT2D eigenvalue weighted by atomic mass is 16.1. The van der Waals surface area contributed by atoms with Gasteiger partial charge in [0, 0.05) is 25.3 Å². The molecule has 1 aliphatic carbocycles. The van der Waals surface area contributed by atoms with Gasteiger partial charge < -0.3 is 16.0 Å². The van der Waals surface area contributed by atoms with Gasteiger partial charge in [0.2, 0.25) is 5.91 Å². The first-order valence-corrected chi connectivity index (χ1v) is 6.48. The molecule has 0 aromatic heterocycles. The standard InChI is InChI=1S/C14H21N3O/c1-17(12-5-3-2-4-6-12)10-9-13(14(15)18)16-11-7-8-11/h2-6,11,13,16H,7-10H2,1H3,(H2,15,18). The monoisotopic (exact) mass is 247 g/mol. The van der Waals surface area contributed by atoms with E-state index in [4.69, 9.17) is 5.73 Å². The Hall–Kier alpha value is -1.55. The van der Waals surface area contributed by atoms with Crippen LogP contribution in [0.2, 0.25) is 0 Å². The van der Waals surface area contributed by atoms with Crippen molar-refractivity contribution in [2.45, 2.75) is 31.3 Å². The molecule has 1 aromatic carbocycles. The number of para-hydroxylation sites is 1. The second-order valence-electron chi connectivity index (χ2n) is 4.94. The number of primary amides is 1. The number of carbonyl (C=O) groups is 1. The quantitative estimate of drug-likeness (QED) is 0.759. The van der Waals surface area contributed by atoms with Crippen molar-refractivity contribution in [3.63, 3.8) is 0 Å². The molecule has 2 rings (SSSR count). The lowest BCUT2D eigenvalue weighted by Crippen LogP contribution is -2.44. The van der Waals surface area contributed by atoms with E-state index < -0.39 is 0 Å². The van der Waals surface area contributed by atoms with Gasteiger partial charge in [-0.1, -0.05) is 18.2 Å². The van der Waals surface area contributed by atoms with Crippen LogP contribution in [0.1, 0.15) is 19.3 Å². The number of hydrogen-bond acceptors (Lipinski definition) is 3. The molecule has 1 atom stereocenters. The van der Waals surface area contributed by atoms with Crippen LogP contribution < -0.4 is 16.0 Å². The number of nitrogens with two attached hydrogens (primary N) is 1. The first-order chi connectivity index (χ1) is 8.66. The summed E-state index contributed by atoms with van der Waals surface area (Å²) in [6.45, 7) is 0.817. The van der Waals surface area contributed by atoms with Crippen LogP contribution in [0.4, 0.5) is 5.69 Å². The predicted molar refractivity (Wildman–Crippen MR) is 73.5 cm³/mol. The van der Waals surface area contributed by atoms with Crippen molar-refractivity contribution in [1.29, 1.82) is 0 Å². The number of nitrogens with one attached hydrogen (secondary N) is 1. The van der Waals surface area contributed by atoms with E-state index in [1.807, 2.05) is 25.2 Å². The highest BCUT2D eigenvalue weighted by molar-refractivity contribution is 5.80. The van der Waals surface area contributed by atoms with E-state index in [1.165, 1.54) is 0 Å². The average Bonchev–Trinajstić information content (AvgIpc) is 3.18. The number of benzene rings is 1. The molecule has 18 heavy (non-hydrogen) atoms. The number of nitrogens with zero attached hydrogens (tertiary/aromatic N) is 1. The van der Waals surface area contributed by atoms with Gasteiger partial charge in [-0.05, 0) is 31.4 Å². The molecule has 0 bridgehead atoms. The third kappa shape index (κ3) is 3.74. The lowest BCUT2D eigenvalue weighted by molar-refractivity contribution is -0.120. The van der Waals surface area contributed by atoms with E-state index in [2.05, 4.69) is 22.3 Å². The minimum atomic E-state index is -0.247. The molecule has 4 nitrogen and oxygen atoms in total. The highest BCUT2D eigenvalue weighted by Gasteiger charge is 2.27. The third-order valence-corrected chi connectivity index (χ3v) is 3.31. The molecule has 1 fully saturated rings. The van der Waals surface area contributed by atoms with Crippen molar-refractivity contribution in [3.05, 3.63) is 30.3 Å². The maximum atomic E-state index is 11.4. The molecule has 98 valence electrons. The first-order valence-electron chi connectivity index (χ1n) is 6.48. The van der Waals surface area contributed by atoms with Crippen molar-refractivity contribution >= 4 is 11.6 Å². The summed E-state index contributed by atoms with van der Waals surface area (Å²) < 4.78 is 0. The summed E-state index contributed by atoms with van der Waals surface area (Å²) >= 11 is 0. The Kier molecular flexibility index (Phi) is 4.20. The lowest BCUT2D eigenvalue weighted by Gasteiger charge is -2.22. The van der Waals surface area contributed by atoms with Crippen LogP contribution in [-0.2, 0) is 4.79 Å². The maximum absolute atomic E-state index is 11.4. The van der Waals surface area contributed by atoms with E-state index in [9.17, 15) is 4.79 Å². The predicted octanol–water partition coefficient (Wildman–Crippen LogP) is 1.12. The van der Waals surface area contributed by atoms with Gasteiger partial charge in [-0.3, -0.25) is 4.79 Å². The Bertz CT molecular complexity index is 389. The van der Waals surface area contributed by atoms with Gasteiger partial charge in [0.25, 0.3) is 0 Å². The second kappa shape index (κ2) is 5.87. The Morgan fingerprint density at radius 3 is 2.67 bits per heavy atom. The minimum absolute atomic E-state index is 0.205. The third-order valence-electron chi connectivity index (χ3n) is 3.31. The highest BCUT2D eigenvalue weighted by Crippen LogP contribution is 2.20. The molecule has 0 heterocycles. The smallest absolute Gasteiger partial charge is 0.234 e. The first kappa shape index (κ1) is 12.9. The van der Waals surface area contributed by atoms with Gasteiger partial charge in [0.05, 0.1) is 6.04 Å². The fraction of sp³-hybridized carbons (Fsp3) is 0.500. The zero-order valence-corrected chi connectivity index (χ0v) is 10.8. The summed E-state index contributed by atoms with van der Waals surface area (Å²) in [5.41, 5.74) is 6.58. The Balaban J connectivity index is 1.83. The molecule has 1 aliphatic rings. The van der Waals surface area contributed by atoms with E-state index in [1.54, 1.807) is 0 Å². The minimum Gasteiger partial charge on any atom is -0.375 e. The topological polar surface area (TPSA) is 58.4 Å². The molecular formula is C14H21N3O. The van der Waals surface area contributed by atoms with E-state index in [0.717, 1.165) is 31.5 Å². The normalized spacial score (nSPS) is 16.3. The molecule has 0 aliphatic heterocycles. The Labute approximate surface area is 108 Å². The summed E-state index contributed by atoms with van der Waals surface area (Å²) in [6.07, 6.45) is 3.08. The molecule has 0 radical (unpaired) electrons. The van der Waals surface area contributed by atoms with Crippen LogP contribution in [0.15, 0.2) is 30.3 Å². The van der Waals surface area contributed by atoms with Crippen LogP contribution in [0, 0.1) is 0 Å². The number of anilines is 1. The number of amides is 1. The van der Waals surface area contributed by atoms with Crippen molar-refractivity contribution in [3.8, 4) is 0 Å². The molecule has 1 saturated carbocycles. The van der Waals surface area contributed by atoms with Gasteiger partial charge in [0.1, 0.15) is 0 Å². The zero-order valence-electron chi connectivity index (χ0n) is 10.8. The summed E-state index contributed by atoms with van der Waals surface area (Å²) in [6, 6.07) is 10.5. The Morgan fingerprint density at radius 2 is 2.11 bits per heavy atom. The van der Waals surface area contributed by atoms with E-state index >= 15 is 0 Å². The largest absolute Gasteiger partial charge is 0.375 e. The average molecular weight is 247 g/mol. The van der Waals surface area contributed by atoms with E-state index in [-0.39, 0.29) is 11.9 Å². The molecule has 0 spiro atoms. The molecule has 1 amide bonds. The molecule has 1 aromatic rings. The van der Waals surface area contributed by atoms with Gasteiger partial charge in [-0.25, -0.2) is 0 Å². The lowest BCUT2D eigenvalue weighted by atomic mass is 10.1. The van der Waals surface area contributed by atoms with Crippen molar-refractivity contribution in [2.24, 2.45) is 5.73 Å². The van der Waals surface area contributed by atoms with Crippen molar-refractivity contribution < 1.29 is 4.79 Å². The van der Waals surface area contributed by atoms with Gasteiger partial charge in [-0.2, -0.15) is 0 Å². The molecule has 1 unspecified atom stereocenters. The molecular weight excluding hydrogens is 226 g/mol. The van der Waals surface area contributed by atoms with Crippen LogP contribution in [0.5, 0.6) is 0 Å². The molecule has 3 N–H and O–H groups in total. The fourth-order valence-corrected chi connectivity index (χ4v) is 1.98. The SMILES string of the molecule is CN(CCC(NC1CC1)C(N)=O)c1ccccc1.